The summed E-state index contributed by atoms with van der Waals surface area (Å²) in [4.78, 5) is 25.2. The Balaban J connectivity index is 1.59. The second-order valence-electron chi connectivity index (χ2n) is 6.05. The molecule has 1 aliphatic heterocycles. The van der Waals surface area contributed by atoms with E-state index in [0.29, 0.717) is 6.42 Å². The summed E-state index contributed by atoms with van der Waals surface area (Å²) < 4.78 is 2.13. The van der Waals surface area contributed by atoms with Crippen LogP contribution in [0.5, 0.6) is 0 Å². The van der Waals surface area contributed by atoms with Gasteiger partial charge in [-0.3, -0.25) is 4.79 Å². The van der Waals surface area contributed by atoms with E-state index in [-0.39, 0.29) is 5.91 Å². The average molecular weight is 313 g/mol. The summed E-state index contributed by atoms with van der Waals surface area (Å²) in [5.41, 5.74) is 3.49. The average Bonchev–Trinajstić information content (AvgIpc) is 2.83. The van der Waals surface area contributed by atoms with Gasteiger partial charge in [-0.25, -0.2) is 9.97 Å². The van der Waals surface area contributed by atoms with Gasteiger partial charge in [0.15, 0.2) is 0 Å². The minimum atomic E-state index is 0.201. The second kappa shape index (κ2) is 6.40. The van der Waals surface area contributed by atoms with Crippen LogP contribution >= 0.6 is 0 Å². The highest BCUT2D eigenvalue weighted by atomic mass is 16.2. The summed E-state index contributed by atoms with van der Waals surface area (Å²) in [7, 11) is 2.04. The number of hydrogen-bond donors (Lipinski definition) is 0. The Labute approximate surface area is 136 Å². The number of carbonyl (C=O) groups is 1. The number of amides is 1. The Morgan fingerprint density at radius 1 is 1.13 bits per heavy atom. The van der Waals surface area contributed by atoms with Crippen LogP contribution in [0.25, 0.3) is 0 Å². The second-order valence-corrected chi connectivity index (χ2v) is 6.05. The molecule has 0 aliphatic carbocycles. The van der Waals surface area contributed by atoms with Crippen LogP contribution in [0.1, 0.15) is 17.0 Å². The highest BCUT2D eigenvalue weighted by Gasteiger charge is 2.23. The molecule has 23 heavy (non-hydrogen) atoms. The van der Waals surface area contributed by atoms with Crippen LogP contribution in [-0.2, 0) is 18.3 Å². The fourth-order valence-electron chi connectivity index (χ4n) is 3.00. The van der Waals surface area contributed by atoms with Gasteiger partial charge in [-0.2, -0.15) is 0 Å². The van der Waals surface area contributed by atoms with Crippen LogP contribution in [0.3, 0.4) is 0 Å². The number of anilines is 1. The monoisotopic (exact) mass is 313 g/mol. The molecule has 0 radical (unpaired) electrons. The first-order valence-corrected chi connectivity index (χ1v) is 7.98. The first-order chi connectivity index (χ1) is 11.1. The predicted octanol–water partition coefficient (Wildman–Crippen LogP) is 1.32. The minimum absolute atomic E-state index is 0.201. The molecule has 2 aromatic rings. The summed E-state index contributed by atoms with van der Waals surface area (Å²) in [6, 6.07) is 3.93. The Bertz CT molecular complexity index is 687. The molecule has 122 valence electrons. The molecule has 0 bridgehead atoms. The third-order valence-corrected chi connectivity index (χ3v) is 4.69. The lowest BCUT2D eigenvalue weighted by molar-refractivity contribution is -0.130. The Hall–Kier alpha value is -2.37. The SMILES string of the molecule is Cc1cc(CC(=O)N2CCN(c3ncccn3)CC2)c(C)n1C. The van der Waals surface area contributed by atoms with Crippen molar-refractivity contribution in [3.8, 4) is 0 Å². The largest absolute Gasteiger partial charge is 0.352 e. The summed E-state index contributed by atoms with van der Waals surface area (Å²) >= 11 is 0. The summed E-state index contributed by atoms with van der Waals surface area (Å²) in [6.45, 7) is 7.15. The van der Waals surface area contributed by atoms with Crippen molar-refractivity contribution < 1.29 is 4.79 Å². The molecule has 1 fully saturated rings. The zero-order chi connectivity index (χ0) is 16.4. The molecule has 1 saturated heterocycles. The van der Waals surface area contributed by atoms with Gasteiger partial charge >= 0.3 is 0 Å². The molecule has 0 saturated carbocycles. The zero-order valence-corrected chi connectivity index (χ0v) is 14.0. The fraction of sp³-hybridized carbons (Fsp3) is 0.471. The van der Waals surface area contributed by atoms with Crippen LogP contribution in [0.4, 0.5) is 5.95 Å². The van der Waals surface area contributed by atoms with Gasteiger partial charge in [0.25, 0.3) is 0 Å². The lowest BCUT2D eigenvalue weighted by Gasteiger charge is -2.34. The maximum Gasteiger partial charge on any atom is 0.227 e. The normalized spacial score (nSPS) is 15.1. The number of aromatic nitrogens is 3. The molecular formula is C17H23N5O. The van der Waals surface area contributed by atoms with E-state index in [2.05, 4.69) is 39.3 Å². The number of hydrogen-bond acceptors (Lipinski definition) is 4. The molecule has 0 aromatic carbocycles. The first kappa shape index (κ1) is 15.5. The maximum absolute atomic E-state index is 12.6. The van der Waals surface area contributed by atoms with Gasteiger partial charge in [0.2, 0.25) is 11.9 Å². The van der Waals surface area contributed by atoms with Gasteiger partial charge in [-0.15, -0.1) is 0 Å². The number of rotatable bonds is 3. The standard InChI is InChI=1S/C17H23N5O/c1-13-11-15(14(2)20(13)3)12-16(23)21-7-9-22(10-8-21)17-18-5-4-6-19-17/h4-6,11H,7-10,12H2,1-3H3. The van der Waals surface area contributed by atoms with Crippen LogP contribution < -0.4 is 4.90 Å². The van der Waals surface area contributed by atoms with Crippen LogP contribution in [0.15, 0.2) is 24.5 Å². The van der Waals surface area contributed by atoms with Gasteiger partial charge in [0, 0.05) is 57.0 Å². The molecule has 6 nitrogen and oxygen atoms in total. The quantitative estimate of drug-likeness (QED) is 0.858. The van der Waals surface area contributed by atoms with Crippen molar-refractivity contribution in [1.29, 1.82) is 0 Å². The molecular weight excluding hydrogens is 290 g/mol. The van der Waals surface area contributed by atoms with Crippen molar-refractivity contribution in [1.82, 2.24) is 19.4 Å². The summed E-state index contributed by atoms with van der Waals surface area (Å²) in [5.74, 6) is 0.946. The molecule has 0 spiro atoms. The number of nitrogens with zero attached hydrogens (tertiary/aromatic N) is 5. The molecule has 6 heteroatoms. The van der Waals surface area contributed by atoms with Gasteiger partial charge < -0.3 is 14.4 Å². The van der Waals surface area contributed by atoms with E-state index in [1.54, 1.807) is 12.4 Å². The molecule has 0 atom stereocenters. The molecule has 2 aromatic heterocycles. The lowest BCUT2D eigenvalue weighted by atomic mass is 10.1. The molecule has 3 heterocycles. The van der Waals surface area contributed by atoms with Crippen molar-refractivity contribution in [2.75, 3.05) is 31.1 Å². The summed E-state index contributed by atoms with van der Waals surface area (Å²) in [6.07, 6.45) is 3.98. The lowest BCUT2D eigenvalue weighted by Crippen LogP contribution is -2.49. The molecule has 1 amide bonds. The Morgan fingerprint density at radius 2 is 1.78 bits per heavy atom. The maximum atomic E-state index is 12.6. The van der Waals surface area contributed by atoms with Gasteiger partial charge in [0.1, 0.15) is 0 Å². The minimum Gasteiger partial charge on any atom is -0.352 e. The van der Waals surface area contributed by atoms with Crippen LogP contribution in [0.2, 0.25) is 0 Å². The molecule has 0 N–H and O–H groups in total. The van der Waals surface area contributed by atoms with Crippen LogP contribution in [-0.4, -0.2) is 51.5 Å². The Morgan fingerprint density at radius 3 is 2.35 bits per heavy atom. The van der Waals surface area contributed by atoms with Crippen molar-refractivity contribution in [2.24, 2.45) is 7.05 Å². The highest BCUT2D eigenvalue weighted by Crippen LogP contribution is 2.16. The zero-order valence-electron chi connectivity index (χ0n) is 14.0. The predicted molar refractivity (Wildman–Crippen MR) is 89.4 cm³/mol. The molecule has 0 unspecified atom stereocenters. The first-order valence-electron chi connectivity index (χ1n) is 7.98. The van der Waals surface area contributed by atoms with Crippen molar-refractivity contribution in [2.45, 2.75) is 20.3 Å². The van der Waals surface area contributed by atoms with E-state index in [9.17, 15) is 4.79 Å². The topological polar surface area (TPSA) is 54.3 Å². The highest BCUT2D eigenvalue weighted by molar-refractivity contribution is 5.79. The van der Waals surface area contributed by atoms with E-state index >= 15 is 0 Å². The summed E-state index contributed by atoms with van der Waals surface area (Å²) in [5, 5.41) is 0. The van der Waals surface area contributed by atoms with Crippen molar-refractivity contribution in [3.05, 3.63) is 41.5 Å². The molecule has 3 rings (SSSR count). The van der Waals surface area contributed by atoms with E-state index < -0.39 is 0 Å². The van der Waals surface area contributed by atoms with Crippen LogP contribution in [0, 0.1) is 13.8 Å². The van der Waals surface area contributed by atoms with E-state index in [1.165, 1.54) is 11.4 Å². The smallest absolute Gasteiger partial charge is 0.227 e. The van der Waals surface area contributed by atoms with Gasteiger partial charge in [-0.05, 0) is 31.5 Å². The number of carbonyl (C=O) groups excluding carboxylic acids is 1. The van der Waals surface area contributed by atoms with E-state index in [0.717, 1.165) is 37.7 Å². The third kappa shape index (κ3) is 3.21. The van der Waals surface area contributed by atoms with Crippen molar-refractivity contribution >= 4 is 11.9 Å². The van der Waals surface area contributed by atoms with Crippen molar-refractivity contribution in [3.63, 3.8) is 0 Å². The van der Waals surface area contributed by atoms with Gasteiger partial charge in [-0.1, -0.05) is 0 Å². The van der Waals surface area contributed by atoms with E-state index in [4.69, 9.17) is 0 Å². The Kier molecular flexibility index (Phi) is 4.32. The van der Waals surface area contributed by atoms with Gasteiger partial charge in [0.05, 0.1) is 6.42 Å². The number of piperazine rings is 1. The third-order valence-electron chi connectivity index (χ3n) is 4.69. The number of aryl methyl sites for hydroxylation is 1. The molecule has 1 aliphatic rings. The van der Waals surface area contributed by atoms with E-state index in [1.807, 2.05) is 18.0 Å². The fourth-order valence-corrected chi connectivity index (χ4v) is 3.00.